The van der Waals surface area contributed by atoms with Crippen LogP contribution >= 0.6 is 0 Å². The van der Waals surface area contributed by atoms with Crippen LogP contribution in [0.2, 0.25) is 0 Å². The van der Waals surface area contributed by atoms with Gasteiger partial charge in [-0.15, -0.1) is 0 Å². The van der Waals surface area contributed by atoms with Crippen LogP contribution in [0.5, 0.6) is 0 Å². The van der Waals surface area contributed by atoms with Crippen LogP contribution in [-0.4, -0.2) is 34.7 Å². The second kappa shape index (κ2) is 355. The van der Waals surface area contributed by atoms with Gasteiger partial charge < -0.3 is 38.3 Å². The summed E-state index contributed by atoms with van der Waals surface area (Å²) in [6.07, 6.45) is 0. The van der Waals surface area contributed by atoms with E-state index in [0.717, 1.165) is 0 Å². The maximum absolute atomic E-state index is 0. The Morgan fingerprint density at radius 3 is 0.273 bits per heavy atom. The van der Waals surface area contributed by atoms with Crippen LogP contribution in [0.1, 0.15) is 0 Å². The van der Waals surface area contributed by atoms with Gasteiger partial charge in [0.2, 0.25) is 0 Å². The van der Waals surface area contributed by atoms with Gasteiger partial charge in [-0.3, -0.25) is 0 Å². The van der Waals surface area contributed by atoms with Crippen molar-refractivity contribution in [1.82, 2.24) is 0 Å². The molecule has 0 atom stereocenters. The van der Waals surface area contributed by atoms with Gasteiger partial charge in [0, 0.05) is 0 Å². The van der Waals surface area contributed by atoms with Crippen LogP contribution in [0.25, 0.3) is 0 Å². The van der Waals surface area contributed by atoms with Gasteiger partial charge in [0.25, 0.3) is 0 Å². The quantitative estimate of drug-likeness (QED) is 0.444. The van der Waals surface area contributed by atoms with E-state index >= 15 is 0 Å². The molecule has 0 fully saturated rings. The van der Waals surface area contributed by atoms with Crippen LogP contribution < -0.4 is 0 Å². The van der Waals surface area contributed by atoms with Gasteiger partial charge in [-0.25, -0.2) is 0 Å². The van der Waals surface area contributed by atoms with Gasteiger partial charge in [0.15, 0.2) is 0 Å². The van der Waals surface area contributed by atoms with Crippen LogP contribution in [0, 0.1) is 0 Å². The maximum atomic E-state index is 0. The minimum Gasteiger partial charge on any atom is -2.00 e. The summed E-state index contributed by atoms with van der Waals surface area (Å²) in [7, 11) is 0. The fourth-order valence-corrected chi connectivity index (χ4v) is 0. The Labute approximate surface area is 111 Å². The summed E-state index contributed by atoms with van der Waals surface area (Å²) in [6.45, 7) is 0. The van der Waals surface area contributed by atoms with Gasteiger partial charge in [-0.1, -0.05) is 0 Å². The van der Waals surface area contributed by atoms with E-state index in [1.807, 2.05) is 0 Å². The van der Waals surface area contributed by atoms with Crippen molar-refractivity contribution in [3.63, 3.8) is 0 Å². The molecule has 11 heteroatoms. The molecule has 0 aromatic carbocycles. The smallest absolute Gasteiger partial charge is 2.00 e. The second-order valence-electron chi connectivity index (χ2n) is 0. The van der Waals surface area contributed by atoms with Crippen LogP contribution in [0.15, 0.2) is 0 Å². The molecule has 0 saturated heterocycles. The first kappa shape index (κ1) is 457. The molecule has 0 heterocycles. The van der Waals surface area contributed by atoms with Gasteiger partial charge in [0.05, 0.1) is 0 Å². The molecule has 0 aromatic heterocycles. The first-order valence-corrected chi connectivity index (χ1v) is 0. The molecule has 0 aliphatic rings. The molecule has 0 spiro atoms. The molecule has 0 aliphatic carbocycles. The largest absolute Gasteiger partial charge is 4.00 e. The van der Waals surface area contributed by atoms with Crippen LogP contribution in [-0.2, 0) is 77.3 Å². The molecule has 0 saturated carbocycles. The Kier molecular flexibility index (Phi) is 14700. The van der Waals surface area contributed by atoms with Gasteiger partial charge in [0.1, 0.15) is 0 Å². The summed E-state index contributed by atoms with van der Waals surface area (Å²) >= 11 is 0. The van der Waals surface area contributed by atoms with Gasteiger partial charge >= 0.3 is 73.7 Å². The van der Waals surface area contributed by atoms with E-state index in [0.29, 0.717) is 0 Å². The van der Waals surface area contributed by atoms with Crippen LogP contribution in [0.4, 0.5) is 0 Å². The summed E-state index contributed by atoms with van der Waals surface area (Å²) in [6, 6.07) is 0. The Morgan fingerprint density at radius 1 is 0.273 bits per heavy atom. The minimum atomic E-state index is 0. The standard InChI is InChI=1S/2Al.7O.2Ru/q2*+3;7*-2;2*+4. The Bertz CT molecular complexity index is 14.4. The van der Waals surface area contributed by atoms with E-state index in [2.05, 4.69) is 0 Å². The van der Waals surface area contributed by atoms with Gasteiger partial charge in [-0.2, -0.15) is 0 Å². The Morgan fingerprint density at radius 2 is 0.273 bits per heavy atom. The zero-order valence-corrected chi connectivity index (χ0v) is 10.5. The number of rotatable bonds is 0. The molecule has 0 unspecified atom stereocenters. The maximum Gasteiger partial charge on any atom is 4.00 e. The molecular weight excluding hydrogens is 368 g/mol. The van der Waals surface area contributed by atoms with Crippen molar-refractivity contribution in [1.29, 1.82) is 0 Å². The molecule has 0 aromatic rings. The first-order valence-electron chi connectivity index (χ1n) is 0. The molecular formula is Al2O7Ru2. The predicted molar refractivity (Wildman–Crippen MR) is 16.3 cm³/mol. The SMILES string of the molecule is [Al+3].[Al+3].[O-2].[O-2].[O-2].[O-2].[O-2].[O-2].[O-2].[Ru+4].[Ru+4]. The van der Waals surface area contributed by atoms with E-state index in [9.17, 15) is 0 Å². The first-order chi connectivity index (χ1) is 0. The molecule has 64 valence electrons. The Balaban J connectivity index is 0. The van der Waals surface area contributed by atoms with Crippen molar-refractivity contribution < 1.29 is 77.3 Å². The van der Waals surface area contributed by atoms with E-state index < -0.39 is 0 Å². The predicted octanol–water partition coefficient (Wildman–Crippen LogP) is -1.60. The Hall–Kier alpha value is 2.03. The monoisotopic (exact) mass is 370 g/mol. The van der Waals surface area contributed by atoms with Crippen molar-refractivity contribution in [2.75, 3.05) is 0 Å². The third kappa shape index (κ3) is 293. The third-order valence-electron chi connectivity index (χ3n) is 0. The van der Waals surface area contributed by atoms with Gasteiger partial charge in [-0.05, 0) is 0 Å². The van der Waals surface area contributed by atoms with E-state index in [4.69, 9.17) is 0 Å². The summed E-state index contributed by atoms with van der Waals surface area (Å²) in [4.78, 5) is 0. The molecule has 0 aliphatic heterocycles. The minimum absolute atomic E-state index is 0. The van der Waals surface area contributed by atoms with Crippen molar-refractivity contribution in [2.24, 2.45) is 0 Å². The summed E-state index contributed by atoms with van der Waals surface area (Å²) in [5, 5.41) is 0. The average molecular weight is 368 g/mol. The van der Waals surface area contributed by atoms with E-state index in [1.54, 1.807) is 0 Å². The zero-order chi connectivity index (χ0) is 0. The third-order valence-corrected chi connectivity index (χ3v) is 0. The molecule has 0 amide bonds. The molecule has 0 N–H and O–H groups in total. The van der Waals surface area contributed by atoms with Crippen molar-refractivity contribution in [3.05, 3.63) is 0 Å². The van der Waals surface area contributed by atoms with Crippen LogP contribution in [0.3, 0.4) is 0 Å². The zero-order valence-electron chi connectivity index (χ0n) is 4.72. The molecule has 11 heavy (non-hydrogen) atoms. The fraction of sp³-hybridized carbons (Fsp3) is 0. The van der Waals surface area contributed by atoms with E-state index in [-0.39, 0.29) is 112 Å². The average Bonchev–Trinajstić information content (AvgIpc) is 0. The van der Waals surface area contributed by atoms with Crippen molar-refractivity contribution >= 4 is 34.7 Å². The number of hydrogen-bond donors (Lipinski definition) is 0. The molecule has 0 bridgehead atoms. The molecule has 0 rings (SSSR count). The van der Waals surface area contributed by atoms with Crippen molar-refractivity contribution in [2.45, 2.75) is 0 Å². The van der Waals surface area contributed by atoms with Crippen molar-refractivity contribution in [3.8, 4) is 0 Å². The summed E-state index contributed by atoms with van der Waals surface area (Å²) < 4.78 is 0. The fourth-order valence-electron chi connectivity index (χ4n) is 0. The summed E-state index contributed by atoms with van der Waals surface area (Å²) in [5.41, 5.74) is 0. The topological polar surface area (TPSA) is 200 Å². The second-order valence-corrected chi connectivity index (χ2v) is 0. The molecule has 0 radical (unpaired) electrons. The summed E-state index contributed by atoms with van der Waals surface area (Å²) in [5.74, 6) is 0. The number of hydrogen-bond acceptors (Lipinski definition) is 0. The molecule has 7 nitrogen and oxygen atoms in total. The van der Waals surface area contributed by atoms with E-state index in [1.165, 1.54) is 0 Å². The normalized spacial score (nSPS) is 0.